The summed E-state index contributed by atoms with van der Waals surface area (Å²) in [7, 11) is 0. The summed E-state index contributed by atoms with van der Waals surface area (Å²) in [5, 5.41) is 2.52. The van der Waals surface area contributed by atoms with E-state index in [0.717, 1.165) is 11.3 Å². The average Bonchev–Trinajstić information content (AvgIpc) is 3.18. The van der Waals surface area contributed by atoms with E-state index in [1.807, 2.05) is 18.2 Å². The summed E-state index contributed by atoms with van der Waals surface area (Å²) in [6, 6.07) is 17.7. The van der Waals surface area contributed by atoms with Crippen molar-refractivity contribution in [2.75, 3.05) is 6.61 Å². The molecule has 0 bridgehead atoms. The minimum Gasteiger partial charge on any atom is -0.457 e. The lowest BCUT2D eigenvalue weighted by atomic mass is 10.0. The molecule has 0 fully saturated rings. The number of hydrogen-bond donors (Lipinski definition) is 2. The SMILES string of the molecule is NC(=O)N[C@H](CC(=O)OCC(=O)c1ccc(Cl)s1)c1cccc(Oc2ccccc2)c1. The molecule has 1 heterocycles. The third kappa shape index (κ3) is 6.84. The molecule has 31 heavy (non-hydrogen) atoms. The summed E-state index contributed by atoms with van der Waals surface area (Å²) in [5.41, 5.74) is 5.87. The summed E-state index contributed by atoms with van der Waals surface area (Å²) in [6.45, 7) is -0.421. The number of para-hydroxylation sites is 1. The van der Waals surface area contributed by atoms with Gasteiger partial charge >= 0.3 is 12.0 Å². The van der Waals surface area contributed by atoms with Gasteiger partial charge in [-0.15, -0.1) is 11.3 Å². The number of nitrogens with two attached hydrogens (primary N) is 1. The maximum Gasteiger partial charge on any atom is 0.312 e. The van der Waals surface area contributed by atoms with Gasteiger partial charge in [-0.25, -0.2) is 4.79 Å². The molecular formula is C22H19ClN2O5S. The van der Waals surface area contributed by atoms with Gasteiger partial charge in [-0.05, 0) is 42.0 Å². The minimum atomic E-state index is -0.795. The number of esters is 1. The van der Waals surface area contributed by atoms with Crippen molar-refractivity contribution in [1.82, 2.24) is 5.32 Å². The second-order valence-electron chi connectivity index (χ2n) is 6.44. The van der Waals surface area contributed by atoms with Crippen molar-refractivity contribution >= 4 is 40.7 Å². The van der Waals surface area contributed by atoms with Crippen molar-refractivity contribution < 1.29 is 23.9 Å². The van der Waals surface area contributed by atoms with E-state index >= 15 is 0 Å². The highest BCUT2D eigenvalue weighted by Crippen LogP contribution is 2.26. The Labute approximate surface area is 187 Å². The normalized spacial score (nSPS) is 11.4. The molecule has 2 amide bonds. The molecule has 9 heteroatoms. The molecule has 1 atom stereocenters. The van der Waals surface area contributed by atoms with Gasteiger partial charge in [0.2, 0.25) is 5.78 Å². The lowest BCUT2D eigenvalue weighted by Gasteiger charge is -2.18. The summed E-state index contributed by atoms with van der Waals surface area (Å²) in [4.78, 5) is 36.2. The largest absolute Gasteiger partial charge is 0.457 e. The molecule has 0 saturated carbocycles. The number of ketones is 1. The van der Waals surface area contributed by atoms with Crippen molar-refractivity contribution in [3.63, 3.8) is 0 Å². The smallest absolute Gasteiger partial charge is 0.312 e. The van der Waals surface area contributed by atoms with Crippen LogP contribution >= 0.6 is 22.9 Å². The molecular weight excluding hydrogens is 440 g/mol. The Morgan fingerprint density at radius 1 is 1.00 bits per heavy atom. The van der Waals surface area contributed by atoms with Gasteiger partial charge in [0, 0.05) is 0 Å². The van der Waals surface area contributed by atoms with Crippen LogP contribution < -0.4 is 15.8 Å². The molecule has 0 unspecified atom stereocenters. The van der Waals surface area contributed by atoms with E-state index in [0.29, 0.717) is 26.3 Å². The highest BCUT2D eigenvalue weighted by atomic mass is 35.5. The molecule has 3 rings (SSSR count). The second-order valence-corrected chi connectivity index (χ2v) is 8.16. The van der Waals surface area contributed by atoms with Crippen LogP contribution in [-0.2, 0) is 9.53 Å². The minimum absolute atomic E-state index is 0.212. The molecule has 0 radical (unpaired) electrons. The van der Waals surface area contributed by atoms with Gasteiger partial charge in [0.05, 0.1) is 21.7 Å². The molecule has 160 valence electrons. The van der Waals surface area contributed by atoms with Crippen molar-refractivity contribution in [3.05, 3.63) is 81.5 Å². The number of nitrogens with one attached hydrogen (secondary N) is 1. The van der Waals surface area contributed by atoms with Gasteiger partial charge in [-0.3, -0.25) is 9.59 Å². The van der Waals surface area contributed by atoms with Crippen LogP contribution in [0.25, 0.3) is 0 Å². The molecule has 2 aromatic carbocycles. The first-order chi connectivity index (χ1) is 14.9. The molecule has 0 aliphatic heterocycles. The number of Topliss-reactive ketones (excluding diaryl/α,β-unsaturated/α-hetero) is 1. The number of urea groups is 1. The number of halogens is 1. The Morgan fingerprint density at radius 3 is 2.42 bits per heavy atom. The fraction of sp³-hybridized carbons (Fsp3) is 0.136. The summed E-state index contributed by atoms with van der Waals surface area (Å²) >= 11 is 6.92. The third-order valence-electron chi connectivity index (χ3n) is 4.14. The van der Waals surface area contributed by atoms with E-state index in [-0.39, 0.29) is 12.2 Å². The van der Waals surface area contributed by atoms with Crippen molar-refractivity contribution in [3.8, 4) is 11.5 Å². The van der Waals surface area contributed by atoms with E-state index in [1.54, 1.807) is 48.5 Å². The highest BCUT2D eigenvalue weighted by molar-refractivity contribution is 7.18. The maximum absolute atomic E-state index is 12.3. The number of carbonyl (C=O) groups excluding carboxylic acids is 3. The van der Waals surface area contributed by atoms with E-state index in [4.69, 9.17) is 26.8 Å². The zero-order chi connectivity index (χ0) is 22.2. The van der Waals surface area contributed by atoms with Crippen LogP contribution in [0.3, 0.4) is 0 Å². The summed E-state index contributed by atoms with van der Waals surface area (Å²) in [6.07, 6.45) is -0.212. The van der Waals surface area contributed by atoms with Gasteiger partial charge in [-0.1, -0.05) is 41.9 Å². The van der Waals surface area contributed by atoms with Crippen molar-refractivity contribution in [2.24, 2.45) is 5.73 Å². The number of amides is 2. The topological polar surface area (TPSA) is 108 Å². The van der Waals surface area contributed by atoms with Gasteiger partial charge in [0.25, 0.3) is 0 Å². The average molecular weight is 459 g/mol. The van der Waals surface area contributed by atoms with Crippen LogP contribution in [-0.4, -0.2) is 24.4 Å². The van der Waals surface area contributed by atoms with E-state index in [9.17, 15) is 14.4 Å². The predicted molar refractivity (Wildman–Crippen MR) is 118 cm³/mol. The third-order valence-corrected chi connectivity index (χ3v) is 5.41. The molecule has 0 aliphatic carbocycles. The number of rotatable bonds is 9. The molecule has 3 aromatic rings. The monoisotopic (exact) mass is 458 g/mol. The highest BCUT2D eigenvalue weighted by Gasteiger charge is 2.20. The quantitative estimate of drug-likeness (QED) is 0.356. The fourth-order valence-electron chi connectivity index (χ4n) is 2.75. The molecule has 3 N–H and O–H groups in total. The lowest BCUT2D eigenvalue weighted by molar-refractivity contribution is -0.143. The summed E-state index contributed by atoms with van der Waals surface area (Å²) in [5.74, 6) is 0.149. The first-order valence-electron chi connectivity index (χ1n) is 9.23. The maximum atomic E-state index is 12.3. The van der Waals surface area contributed by atoms with Gasteiger partial charge < -0.3 is 20.5 Å². The number of carbonyl (C=O) groups is 3. The van der Waals surface area contributed by atoms with E-state index in [2.05, 4.69) is 5.32 Å². The van der Waals surface area contributed by atoms with Crippen LogP contribution in [0.4, 0.5) is 4.79 Å². The van der Waals surface area contributed by atoms with Gasteiger partial charge in [-0.2, -0.15) is 0 Å². The van der Waals surface area contributed by atoms with E-state index in [1.165, 1.54) is 0 Å². The summed E-state index contributed by atoms with van der Waals surface area (Å²) < 4.78 is 11.3. The molecule has 0 saturated heterocycles. The van der Waals surface area contributed by atoms with Gasteiger partial charge in [0.15, 0.2) is 6.61 Å². The Hall–Kier alpha value is -3.36. The fourth-order valence-corrected chi connectivity index (χ4v) is 3.72. The van der Waals surface area contributed by atoms with Crippen LogP contribution in [0.1, 0.15) is 27.7 Å². The number of benzene rings is 2. The Bertz CT molecular complexity index is 1070. The zero-order valence-corrected chi connectivity index (χ0v) is 17.8. The van der Waals surface area contributed by atoms with Crippen molar-refractivity contribution in [1.29, 1.82) is 0 Å². The standard InChI is InChI=1S/C22H19ClN2O5S/c23-20-10-9-19(31-20)18(26)13-29-21(27)12-17(25-22(24)28)14-5-4-8-16(11-14)30-15-6-2-1-3-7-15/h1-11,17H,12-13H2,(H3,24,25,28)/t17-/m1/s1. The van der Waals surface area contributed by atoms with Crippen molar-refractivity contribution in [2.45, 2.75) is 12.5 Å². The van der Waals surface area contributed by atoms with Gasteiger partial charge in [0.1, 0.15) is 11.5 Å². The number of hydrogen-bond acceptors (Lipinski definition) is 6. The Kier molecular flexibility index (Phi) is 7.64. The first kappa shape index (κ1) is 22.3. The van der Waals surface area contributed by atoms with Crippen LogP contribution in [0.2, 0.25) is 4.34 Å². The van der Waals surface area contributed by atoms with Crippen LogP contribution in [0.15, 0.2) is 66.7 Å². The number of ether oxygens (including phenoxy) is 2. The number of thiophene rings is 1. The van der Waals surface area contributed by atoms with E-state index < -0.39 is 24.6 Å². The molecule has 1 aromatic heterocycles. The molecule has 0 spiro atoms. The Morgan fingerprint density at radius 2 is 1.74 bits per heavy atom. The van der Waals surface area contributed by atoms with Crippen LogP contribution in [0, 0.1) is 0 Å². The van der Waals surface area contributed by atoms with Crippen LogP contribution in [0.5, 0.6) is 11.5 Å². The molecule has 7 nitrogen and oxygen atoms in total. The predicted octanol–water partition coefficient (Wildman–Crippen LogP) is 4.72. The zero-order valence-electron chi connectivity index (χ0n) is 16.2. The lowest BCUT2D eigenvalue weighted by Crippen LogP contribution is -2.34. The number of primary amides is 1. The second kappa shape index (κ2) is 10.6. The molecule has 0 aliphatic rings. The first-order valence-corrected chi connectivity index (χ1v) is 10.4. The Balaban J connectivity index is 1.65.